The zero-order valence-electron chi connectivity index (χ0n) is 10.7. The van der Waals surface area contributed by atoms with E-state index in [0.29, 0.717) is 0 Å². The monoisotopic (exact) mass is 256 g/mol. The first kappa shape index (κ1) is 13.1. The zero-order chi connectivity index (χ0) is 13.7. The fourth-order valence-electron chi connectivity index (χ4n) is 1.85. The lowest BCUT2D eigenvalue weighted by Crippen LogP contribution is -2.28. The summed E-state index contributed by atoms with van der Waals surface area (Å²) in [7, 11) is 0. The lowest BCUT2D eigenvalue weighted by molar-refractivity contribution is -0.121. The molecule has 0 aliphatic carbocycles. The molecule has 0 radical (unpaired) electrons. The first-order valence-corrected chi connectivity index (χ1v) is 6.13. The van der Waals surface area contributed by atoms with Crippen LogP contribution in [-0.2, 0) is 11.2 Å². The second-order valence-corrected chi connectivity index (χ2v) is 4.39. The van der Waals surface area contributed by atoms with Gasteiger partial charge in [-0.1, -0.05) is 18.2 Å². The molecule has 0 spiro atoms. The van der Waals surface area contributed by atoms with E-state index in [0.717, 1.165) is 11.3 Å². The lowest BCUT2D eigenvalue weighted by atomic mass is 10.1. The van der Waals surface area contributed by atoms with Gasteiger partial charge in [0.25, 0.3) is 0 Å². The van der Waals surface area contributed by atoms with Gasteiger partial charge < -0.3 is 10.4 Å². The molecule has 2 N–H and O–H groups in total. The summed E-state index contributed by atoms with van der Waals surface area (Å²) in [6.07, 6.45) is 1.94. The van der Waals surface area contributed by atoms with Crippen molar-refractivity contribution in [1.82, 2.24) is 10.3 Å². The van der Waals surface area contributed by atoms with Gasteiger partial charge in [-0.2, -0.15) is 0 Å². The Hall–Kier alpha value is -2.36. The van der Waals surface area contributed by atoms with Crippen LogP contribution in [0.1, 0.15) is 24.2 Å². The minimum absolute atomic E-state index is 0.0937. The summed E-state index contributed by atoms with van der Waals surface area (Å²) in [6.45, 7) is 1.89. The highest BCUT2D eigenvalue weighted by atomic mass is 16.3. The first-order chi connectivity index (χ1) is 9.15. The Labute approximate surface area is 112 Å². The average molecular weight is 256 g/mol. The number of phenols is 1. The minimum Gasteiger partial charge on any atom is -0.508 e. The van der Waals surface area contributed by atoms with Crippen molar-refractivity contribution < 1.29 is 9.90 Å². The van der Waals surface area contributed by atoms with Gasteiger partial charge in [0, 0.05) is 6.20 Å². The highest BCUT2D eigenvalue weighted by Gasteiger charge is 2.10. The summed E-state index contributed by atoms with van der Waals surface area (Å²) in [5.41, 5.74) is 1.61. The van der Waals surface area contributed by atoms with Gasteiger partial charge in [0.05, 0.1) is 18.2 Å². The van der Waals surface area contributed by atoms with Crippen molar-refractivity contribution in [3.8, 4) is 5.75 Å². The number of amides is 1. The van der Waals surface area contributed by atoms with Crippen molar-refractivity contribution >= 4 is 5.91 Å². The van der Waals surface area contributed by atoms with E-state index in [2.05, 4.69) is 10.3 Å². The third kappa shape index (κ3) is 3.81. The molecule has 0 aliphatic heterocycles. The molecule has 98 valence electrons. The number of nitrogens with zero attached hydrogens (tertiary/aromatic N) is 1. The second-order valence-electron chi connectivity index (χ2n) is 4.39. The molecular formula is C15H16N2O2. The number of pyridine rings is 1. The molecule has 4 heteroatoms. The summed E-state index contributed by atoms with van der Waals surface area (Å²) in [5, 5.41) is 12.2. The molecule has 1 aromatic carbocycles. The average Bonchev–Trinajstić information content (AvgIpc) is 2.39. The zero-order valence-corrected chi connectivity index (χ0v) is 10.7. The summed E-state index contributed by atoms with van der Waals surface area (Å²) in [5.74, 6) is 0.0758. The summed E-state index contributed by atoms with van der Waals surface area (Å²) in [4.78, 5) is 16.1. The number of carbonyl (C=O) groups is 1. The molecule has 1 heterocycles. The van der Waals surface area contributed by atoms with Gasteiger partial charge in [0.1, 0.15) is 5.75 Å². The van der Waals surface area contributed by atoms with Crippen LogP contribution in [0.5, 0.6) is 5.75 Å². The van der Waals surface area contributed by atoms with E-state index in [1.807, 2.05) is 31.2 Å². The van der Waals surface area contributed by atoms with Crippen LogP contribution in [0.15, 0.2) is 48.7 Å². The third-order valence-corrected chi connectivity index (χ3v) is 2.78. The molecule has 2 aromatic rings. The van der Waals surface area contributed by atoms with Crippen LogP contribution in [0.4, 0.5) is 0 Å². The number of carbonyl (C=O) groups excluding carboxylic acids is 1. The van der Waals surface area contributed by atoms with Crippen molar-refractivity contribution in [2.24, 2.45) is 0 Å². The quantitative estimate of drug-likeness (QED) is 0.881. The van der Waals surface area contributed by atoms with Gasteiger partial charge in [0.2, 0.25) is 5.91 Å². The molecule has 1 unspecified atom stereocenters. The van der Waals surface area contributed by atoms with Crippen molar-refractivity contribution in [2.75, 3.05) is 0 Å². The summed E-state index contributed by atoms with van der Waals surface area (Å²) >= 11 is 0. The van der Waals surface area contributed by atoms with Crippen LogP contribution in [0.25, 0.3) is 0 Å². The fraction of sp³-hybridized carbons (Fsp3) is 0.200. The minimum atomic E-state index is -0.133. The van der Waals surface area contributed by atoms with Crippen LogP contribution in [-0.4, -0.2) is 16.0 Å². The topological polar surface area (TPSA) is 62.2 Å². The normalized spacial score (nSPS) is 11.8. The van der Waals surface area contributed by atoms with Gasteiger partial charge in [-0.05, 0) is 36.8 Å². The Bertz CT molecular complexity index is 555. The highest BCUT2D eigenvalue weighted by molar-refractivity contribution is 5.79. The number of phenolic OH excluding ortho intramolecular Hbond substituents is 1. The van der Waals surface area contributed by atoms with E-state index in [4.69, 9.17) is 0 Å². The van der Waals surface area contributed by atoms with Gasteiger partial charge in [-0.15, -0.1) is 0 Å². The summed E-state index contributed by atoms with van der Waals surface area (Å²) in [6, 6.07) is 12.2. The number of aromatic hydroxyl groups is 1. The van der Waals surface area contributed by atoms with E-state index in [-0.39, 0.29) is 24.1 Å². The van der Waals surface area contributed by atoms with Crippen molar-refractivity contribution in [3.63, 3.8) is 0 Å². The molecule has 19 heavy (non-hydrogen) atoms. The number of benzene rings is 1. The molecule has 1 aromatic heterocycles. The predicted molar refractivity (Wildman–Crippen MR) is 72.6 cm³/mol. The first-order valence-electron chi connectivity index (χ1n) is 6.13. The molecule has 1 atom stereocenters. The second kappa shape index (κ2) is 6.00. The van der Waals surface area contributed by atoms with Crippen molar-refractivity contribution in [2.45, 2.75) is 19.4 Å². The molecule has 0 aliphatic rings. The van der Waals surface area contributed by atoms with E-state index in [1.165, 1.54) is 0 Å². The maximum absolute atomic E-state index is 11.9. The van der Waals surface area contributed by atoms with Crippen LogP contribution in [0.3, 0.4) is 0 Å². The molecule has 0 saturated heterocycles. The SMILES string of the molecule is CC(NC(=O)Cc1cccc(O)c1)c1ccccn1. The Balaban J connectivity index is 1.95. The summed E-state index contributed by atoms with van der Waals surface area (Å²) < 4.78 is 0. The lowest BCUT2D eigenvalue weighted by Gasteiger charge is -2.13. The Morgan fingerprint density at radius 1 is 1.32 bits per heavy atom. The fourth-order valence-corrected chi connectivity index (χ4v) is 1.85. The Kier molecular flexibility index (Phi) is 4.13. The van der Waals surface area contributed by atoms with E-state index in [9.17, 15) is 9.90 Å². The standard InChI is InChI=1S/C15H16N2O2/c1-11(14-7-2-3-8-16-14)17-15(19)10-12-5-4-6-13(18)9-12/h2-9,11,18H,10H2,1H3,(H,17,19). The molecule has 0 fully saturated rings. The Morgan fingerprint density at radius 3 is 2.84 bits per heavy atom. The number of nitrogens with one attached hydrogen (secondary N) is 1. The molecular weight excluding hydrogens is 240 g/mol. The van der Waals surface area contributed by atoms with Gasteiger partial charge in [0.15, 0.2) is 0 Å². The van der Waals surface area contributed by atoms with Crippen molar-refractivity contribution in [3.05, 3.63) is 59.9 Å². The van der Waals surface area contributed by atoms with E-state index >= 15 is 0 Å². The number of hydrogen-bond acceptors (Lipinski definition) is 3. The van der Waals surface area contributed by atoms with E-state index < -0.39 is 0 Å². The van der Waals surface area contributed by atoms with Crippen LogP contribution >= 0.6 is 0 Å². The smallest absolute Gasteiger partial charge is 0.224 e. The molecule has 0 saturated carbocycles. The highest BCUT2D eigenvalue weighted by Crippen LogP contribution is 2.12. The van der Waals surface area contributed by atoms with Gasteiger partial charge >= 0.3 is 0 Å². The van der Waals surface area contributed by atoms with Crippen LogP contribution in [0.2, 0.25) is 0 Å². The van der Waals surface area contributed by atoms with Gasteiger partial charge in [-0.3, -0.25) is 9.78 Å². The maximum Gasteiger partial charge on any atom is 0.224 e. The van der Waals surface area contributed by atoms with Crippen LogP contribution < -0.4 is 5.32 Å². The largest absolute Gasteiger partial charge is 0.508 e. The van der Waals surface area contributed by atoms with Crippen LogP contribution in [0, 0.1) is 0 Å². The van der Waals surface area contributed by atoms with E-state index in [1.54, 1.807) is 24.4 Å². The molecule has 2 rings (SSSR count). The predicted octanol–water partition coefficient (Wildman–Crippen LogP) is 2.21. The molecule has 1 amide bonds. The van der Waals surface area contributed by atoms with Gasteiger partial charge in [-0.25, -0.2) is 0 Å². The third-order valence-electron chi connectivity index (χ3n) is 2.78. The Morgan fingerprint density at radius 2 is 2.16 bits per heavy atom. The number of hydrogen-bond donors (Lipinski definition) is 2. The molecule has 4 nitrogen and oxygen atoms in total. The molecule has 0 bridgehead atoms. The van der Waals surface area contributed by atoms with Crippen molar-refractivity contribution in [1.29, 1.82) is 0 Å². The number of aromatic nitrogens is 1. The maximum atomic E-state index is 11.9. The number of rotatable bonds is 4.